The molecular weight excluding hydrogens is 498 g/mol. The van der Waals surface area contributed by atoms with Crippen molar-refractivity contribution in [1.82, 2.24) is 15.0 Å². The number of rotatable bonds is 3. The van der Waals surface area contributed by atoms with E-state index in [4.69, 9.17) is 15.3 Å². The van der Waals surface area contributed by atoms with E-state index in [2.05, 4.69) is 15.0 Å². The molecule has 6 rings (SSSR count). The van der Waals surface area contributed by atoms with Gasteiger partial charge in [-0.3, -0.25) is 0 Å². The molecule has 0 spiro atoms. The second-order valence-corrected chi connectivity index (χ2v) is 8.06. The van der Waals surface area contributed by atoms with Crippen LogP contribution in [0.2, 0.25) is 0 Å². The van der Waals surface area contributed by atoms with Gasteiger partial charge in [-0.1, -0.05) is 72.8 Å². The van der Waals surface area contributed by atoms with E-state index in [1.807, 2.05) is 36.4 Å². The standard InChI is InChI=1S/3C10H7NO2/c3*12-10(13)9-8-4-2-1-3-7(8)5-6-11-9/h3*1-6H,(H,12,13). The van der Waals surface area contributed by atoms with Gasteiger partial charge in [-0.15, -0.1) is 0 Å². The highest BCUT2D eigenvalue weighted by Gasteiger charge is 2.09. The van der Waals surface area contributed by atoms with Crippen LogP contribution in [0.3, 0.4) is 0 Å². The Morgan fingerprint density at radius 2 is 0.667 bits per heavy atom. The van der Waals surface area contributed by atoms with Crippen LogP contribution in [0, 0.1) is 0 Å². The van der Waals surface area contributed by atoms with Gasteiger partial charge in [0.1, 0.15) is 0 Å². The molecule has 3 N–H and O–H groups in total. The number of hydrogen-bond donors (Lipinski definition) is 3. The van der Waals surface area contributed by atoms with E-state index in [0.29, 0.717) is 16.2 Å². The molecular formula is C30H21N3O6. The van der Waals surface area contributed by atoms with Crippen LogP contribution in [-0.4, -0.2) is 48.2 Å². The lowest BCUT2D eigenvalue weighted by atomic mass is 10.1. The lowest BCUT2D eigenvalue weighted by Crippen LogP contribution is -2.00. The normalized spacial score (nSPS) is 10.2. The number of pyridine rings is 3. The highest BCUT2D eigenvalue weighted by molar-refractivity contribution is 6.03. The van der Waals surface area contributed by atoms with Crippen molar-refractivity contribution in [2.75, 3.05) is 0 Å². The molecule has 0 saturated carbocycles. The number of hydrogen-bond acceptors (Lipinski definition) is 6. The third-order valence-electron chi connectivity index (χ3n) is 5.63. The van der Waals surface area contributed by atoms with Crippen molar-refractivity contribution in [3.05, 3.63) is 127 Å². The first-order chi connectivity index (χ1) is 18.9. The van der Waals surface area contributed by atoms with Crippen molar-refractivity contribution in [2.45, 2.75) is 0 Å². The molecule has 3 heterocycles. The van der Waals surface area contributed by atoms with Crippen LogP contribution in [-0.2, 0) is 0 Å². The largest absolute Gasteiger partial charge is 0.476 e. The highest BCUT2D eigenvalue weighted by atomic mass is 16.4. The molecule has 0 saturated heterocycles. The summed E-state index contributed by atoms with van der Waals surface area (Å²) in [6.07, 6.45) is 4.52. The van der Waals surface area contributed by atoms with E-state index in [1.165, 1.54) is 18.6 Å². The Kier molecular flexibility index (Phi) is 8.13. The number of fused-ring (bicyclic) bond motifs is 3. The van der Waals surface area contributed by atoms with Gasteiger partial charge in [0.25, 0.3) is 0 Å². The smallest absolute Gasteiger partial charge is 0.355 e. The summed E-state index contributed by atoms with van der Waals surface area (Å²) in [5.74, 6) is -2.97. The van der Waals surface area contributed by atoms with Crippen LogP contribution in [0.4, 0.5) is 0 Å². The Bertz CT molecular complexity index is 1590. The summed E-state index contributed by atoms with van der Waals surface area (Å²) >= 11 is 0. The summed E-state index contributed by atoms with van der Waals surface area (Å²) in [6, 6.07) is 27.3. The molecule has 0 aliphatic heterocycles. The zero-order valence-electron chi connectivity index (χ0n) is 20.3. The maximum Gasteiger partial charge on any atom is 0.355 e. The SMILES string of the molecule is O=C(O)c1nccc2ccccc12.O=C(O)c1nccc2ccccc12.O=C(O)c1nccc2ccccc12. The van der Waals surface area contributed by atoms with Crippen molar-refractivity contribution < 1.29 is 29.7 Å². The fourth-order valence-corrected chi connectivity index (χ4v) is 3.87. The van der Waals surface area contributed by atoms with Gasteiger partial charge in [-0.05, 0) is 34.4 Å². The Labute approximate surface area is 221 Å². The van der Waals surface area contributed by atoms with Gasteiger partial charge in [0, 0.05) is 34.7 Å². The minimum absolute atomic E-state index is 0.109. The van der Waals surface area contributed by atoms with Crippen LogP contribution in [0.1, 0.15) is 31.5 Å². The molecule has 0 atom stereocenters. The average Bonchev–Trinajstić information content (AvgIpc) is 2.96. The maximum absolute atomic E-state index is 10.8. The van der Waals surface area contributed by atoms with Crippen LogP contribution < -0.4 is 0 Å². The van der Waals surface area contributed by atoms with Gasteiger partial charge in [0.15, 0.2) is 17.1 Å². The van der Waals surface area contributed by atoms with Crippen LogP contribution in [0.25, 0.3) is 32.3 Å². The number of carboxylic acids is 3. The molecule has 39 heavy (non-hydrogen) atoms. The van der Waals surface area contributed by atoms with Crippen LogP contribution in [0.15, 0.2) is 110 Å². The molecule has 3 aromatic heterocycles. The molecule has 0 aliphatic carbocycles. The van der Waals surface area contributed by atoms with Gasteiger partial charge < -0.3 is 15.3 Å². The number of benzene rings is 3. The number of carboxylic acid groups (broad SMARTS) is 3. The summed E-state index contributed by atoms with van der Waals surface area (Å²) in [6.45, 7) is 0. The van der Waals surface area contributed by atoms with E-state index in [0.717, 1.165) is 16.2 Å². The number of aromatic carboxylic acids is 3. The lowest BCUT2D eigenvalue weighted by Gasteiger charge is -1.99. The lowest BCUT2D eigenvalue weighted by molar-refractivity contribution is 0.0682. The zero-order valence-corrected chi connectivity index (χ0v) is 20.3. The minimum atomic E-state index is -0.989. The highest BCUT2D eigenvalue weighted by Crippen LogP contribution is 2.17. The predicted molar refractivity (Wildman–Crippen MR) is 146 cm³/mol. The summed E-state index contributed by atoms with van der Waals surface area (Å²) in [4.78, 5) is 43.7. The van der Waals surface area contributed by atoms with Gasteiger partial charge in [-0.25, -0.2) is 29.3 Å². The number of carbonyl (C=O) groups is 3. The van der Waals surface area contributed by atoms with Gasteiger partial charge in [-0.2, -0.15) is 0 Å². The molecule has 0 amide bonds. The summed E-state index contributed by atoms with van der Waals surface area (Å²) in [5.41, 5.74) is 0.328. The first kappa shape index (κ1) is 26.4. The fraction of sp³-hybridized carbons (Fsp3) is 0. The topological polar surface area (TPSA) is 151 Å². The molecule has 0 unspecified atom stereocenters. The molecule has 3 aromatic carbocycles. The van der Waals surface area contributed by atoms with E-state index in [1.54, 1.807) is 54.6 Å². The molecule has 0 radical (unpaired) electrons. The Hall–Kier alpha value is -5.70. The van der Waals surface area contributed by atoms with Crippen molar-refractivity contribution in [1.29, 1.82) is 0 Å². The number of nitrogens with zero attached hydrogens (tertiary/aromatic N) is 3. The van der Waals surface area contributed by atoms with Crippen LogP contribution in [0.5, 0.6) is 0 Å². The number of aromatic nitrogens is 3. The van der Waals surface area contributed by atoms with Crippen molar-refractivity contribution >= 4 is 50.2 Å². The van der Waals surface area contributed by atoms with Crippen LogP contribution >= 0.6 is 0 Å². The molecule has 6 aromatic rings. The van der Waals surface area contributed by atoms with Gasteiger partial charge in [0.05, 0.1) is 0 Å². The molecule has 0 bridgehead atoms. The van der Waals surface area contributed by atoms with Crippen molar-refractivity contribution in [3.63, 3.8) is 0 Å². The summed E-state index contributed by atoms with van der Waals surface area (Å²) < 4.78 is 0. The van der Waals surface area contributed by atoms with Gasteiger partial charge in [0.2, 0.25) is 0 Å². The first-order valence-electron chi connectivity index (χ1n) is 11.6. The monoisotopic (exact) mass is 519 g/mol. The third kappa shape index (κ3) is 6.17. The molecule has 192 valence electrons. The fourth-order valence-electron chi connectivity index (χ4n) is 3.87. The van der Waals surface area contributed by atoms with Crippen molar-refractivity contribution in [3.8, 4) is 0 Å². The summed E-state index contributed by atoms with van der Waals surface area (Å²) in [7, 11) is 0. The van der Waals surface area contributed by atoms with E-state index in [9.17, 15) is 14.4 Å². The van der Waals surface area contributed by atoms with E-state index < -0.39 is 17.9 Å². The third-order valence-corrected chi connectivity index (χ3v) is 5.63. The minimum Gasteiger partial charge on any atom is -0.476 e. The zero-order chi connectivity index (χ0) is 27.8. The predicted octanol–water partition coefficient (Wildman–Crippen LogP) is 5.80. The molecule has 0 fully saturated rings. The quantitative estimate of drug-likeness (QED) is 0.263. The molecule has 9 heteroatoms. The molecule has 9 nitrogen and oxygen atoms in total. The van der Waals surface area contributed by atoms with E-state index in [-0.39, 0.29) is 17.1 Å². The van der Waals surface area contributed by atoms with Crippen molar-refractivity contribution in [2.24, 2.45) is 0 Å². The second-order valence-electron chi connectivity index (χ2n) is 8.06. The summed E-state index contributed by atoms with van der Waals surface area (Å²) in [5, 5.41) is 31.2. The Balaban J connectivity index is 0.000000136. The van der Waals surface area contributed by atoms with E-state index >= 15 is 0 Å². The first-order valence-corrected chi connectivity index (χ1v) is 11.6. The van der Waals surface area contributed by atoms with Gasteiger partial charge >= 0.3 is 17.9 Å². The Morgan fingerprint density at radius 1 is 0.410 bits per heavy atom. The Morgan fingerprint density at radius 3 is 0.923 bits per heavy atom. The molecule has 0 aliphatic rings. The average molecular weight is 520 g/mol. The maximum atomic E-state index is 10.8. The second kappa shape index (κ2) is 12.0.